The van der Waals surface area contributed by atoms with Crippen LogP contribution in [0.5, 0.6) is 5.75 Å². The summed E-state index contributed by atoms with van der Waals surface area (Å²) in [7, 11) is 0. The number of amides is 1. The van der Waals surface area contributed by atoms with Gasteiger partial charge in [-0.15, -0.1) is 0 Å². The number of hydrogen-bond donors (Lipinski definition) is 3. The van der Waals surface area contributed by atoms with E-state index in [0.717, 1.165) is 51.1 Å². The zero-order chi connectivity index (χ0) is 25.2. The molecule has 0 aliphatic carbocycles. The Kier molecular flexibility index (Phi) is 15.1. The number of carboxylic acids is 2. The van der Waals surface area contributed by atoms with Crippen LogP contribution >= 0.6 is 0 Å². The summed E-state index contributed by atoms with van der Waals surface area (Å²) in [5.41, 5.74) is 0.674. The summed E-state index contributed by atoms with van der Waals surface area (Å²) < 4.78 is 17.0. The molecule has 1 aromatic carbocycles. The number of carbonyl (C=O) groups excluding carboxylic acids is 1. The zero-order valence-electron chi connectivity index (χ0n) is 20.2. The van der Waals surface area contributed by atoms with Gasteiger partial charge in [0.05, 0.1) is 13.2 Å². The van der Waals surface area contributed by atoms with Gasteiger partial charge in [-0.25, -0.2) is 14.4 Å². The SMILES string of the molecule is CCCCCOc1cccc(NC(=O)OC(COCCC)CN2CCCC2)c1.O=C(O)C(=O)O. The third-order valence-electron chi connectivity index (χ3n) is 4.87. The molecule has 0 aromatic heterocycles. The molecule has 1 fully saturated rings. The molecule has 1 heterocycles. The lowest BCUT2D eigenvalue weighted by Crippen LogP contribution is -2.37. The number of nitrogens with zero attached hydrogens (tertiary/aromatic N) is 1. The lowest BCUT2D eigenvalue weighted by atomic mass is 10.2. The third-order valence-corrected chi connectivity index (χ3v) is 4.87. The first-order valence-electron chi connectivity index (χ1n) is 11.8. The van der Waals surface area contributed by atoms with E-state index in [0.29, 0.717) is 25.5 Å². The highest BCUT2D eigenvalue weighted by Crippen LogP contribution is 2.18. The molecule has 1 atom stereocenters. The Bertz CT molecular complexity index is 725. The van der Waals surface area contributed by atoms with Crippen molar-refractivity contribution in [2.75, 3.05) is 44.8 Å². The van der Waals surface area contributed by atoms with Crippen molar-refractivity contribution in [2.45, 2.75) is 58.5 Å². The van der Waals surface area contributed by atoms with E-state index in [1.54, 1.807) is 0 Å². The topological polar surface area (TPSA) is 135 Å². The average molecular weight is 483 g/mol. The quantitative estimate of drug-likeness (QED) is 0.283. The van der Waals surface area contributed by atoms with Gasteiger partial charge in [-0.2, -0.15) is 0 Å². The first kappa shape index (κ1) is 29.2. The molecule has 0 bridgehead atoms. The van der Waals surface area contributed by atoms with Crippen LogP contribution in [0.4, 0.5) is 10.5 Å². The summed E-state index contributed by atoms with van der Waals surface area (Å²) in [6, 6.07) is 7.44. The summed E-state index contributed by atoms with van der Waals surface area (Å²) in [4.78, 5) is 32.9. The van der Waals surface area contributed by atoms with Gasteiger partial charge < -0.3 is 24.4 Å². The number of hydrogen-bond acceptors (Lipinski definition) is 7. The second kappa shape index (κ2) is 17.6. The maximum atomic E-state index is 12.4. The Morgan fingerprint density at radius 1 is 1.03 bits per heavy atom. The minimum atomic E-state index is -1.82. The van der Waals surface area contributed by atoms with E-state index in [9.17, 15) is 4.79 Å². The molecule has 1 aliphatic heterocycles. The van der Waals surface area contributed by atoms with Crippen molar-refractivity contribution in [3.05, 3.63) is 24.3 Å². The lowest BCUT2D eigenvalue weighted by Gasteiger charge is -2.23. The summed E-state index contributed by atoms with van der Waals surface area (Å²) in [6.45, 7) is 8.88. The first-order valence-corrected chi connectivity index (χ1v) is 11.8. The van der Waals surface area contributed by atoms with Gasteiger partial charge >= 0.3 is 18.0 Å². The summed E-state index contributed by atoms with van der Waals surface area (Å²) >= 11 is 0. The number of likely N-dealkylation sites (tertiary alicyclic amines) is 1. The maximum Gasteiger partial charge on any atom is 0.414 e. The molecule has 1 unspecified atom stereocenters. The second-order valence-electron chi connectivity index (χ2n) is 7.93. The van der Waals surface area contributed by atoms with E-state index < -0.39 is 18.0 Å². The highest BCUT2D eigenvalue weighted by Gasteiger charge is 2.21. The van der Waals surface area contributed by atoms with E-state index in [-0.39, 0.29) is 6.10 Å². The second-order valence-corrected chi connectivity index (χ2v) is 7.93. The van der Waals surface area contributed by atoms with Crippen molar-refractivity contribution in [1.82, 2.24) is 4.90 Å². The van der Waals surface area contributed by atoms with Crippen LogP contribution in [-0.2, 0) is 19.1 Å². The van der Waals surface area contributed by atoms with Crippen LogP contribution in [0, 0.1) is 0 Å². The van der Waals surface area contributed by atoms with Gasteiger partial charge in [0.1, 0.15) is 11.9 Å². The van der Waals surface area contributed by atoms with Gasteiger partial charge in [0.2, 0.25) is 0 Å². The first-order chi connectivity index (χ1) is 16.3. The fourth-order valence-electron chi connectivity index (χ4n) is 3.24. The van der Waals surface area contributed by atoms with Crippen molar-refractivity contribution in [1.29, 1.82) is 0 Å². The fraction of sp³-hybridized carbons (Fsp3) is 0.625. The Labute approximate surface area is 201 Å². The number of carbonyl (C=O) groups is 3. The molecule has 0 spiro atoms. The fourth-order valence-corrected chi connectivity index (χ4v) is 3.24. The summed E-state index contributed by atoms with van der Waals surface area (Å²) in [5, 5.41) is 17.6. The van der Waals surface area contributed by atoms with Crippen molar-refractivity contribution < 1.29 is 38.8 Å². The smallest absolute Gasteiger partial charge is 0.414 e. The predicted octanol–water partition coefficient (Wildman–Crippen LogP) is 3.85. The highest BCUT2D eigenvalue weighted by atomic mass is 16.6. The van der Waals surface area contributed by atoms with Crippen molar-refractivity contribution in [3.8, 4) is 5.75 Å². The number of benzene rings is 1. The monoisotopic (exact) mass is 482 g/mol. The van der Waals surface area contributed by atoms with E-state index in [1.807, 2.05) is 24.3 Å². The van der Waals surface area contributed by atoms with Crippen LogP contribution < -0.4 is 10.1 Å². The van der Waals surface area contributed by atoms with Crippen LogP contribution in [0.2, 0.25) is 0 Å². The number of nitrogens with one attached hydrogen (secondary N) is 1. The molecule has 34 heavy (non-hydrogen) atoms. The van der Waals surface area contributed by atoms with Gasteiger partial charge in [0.15, 0.2) is 0 Å². The molecular weight excluding hydrogens is 444 g/mol. The van der Waals surface area contributed by atoms with Gasteiger partial charge in [-0.05, 0) is 50.9 Å². The summed E-state index contributed by atoms with van der Waals surface area (Å²) in [6.07, 6.45) is 6.00. The van der Waals surface area contributed by atoms with Gasteiger partial charge in [-0.1, -0.05) is 32.8 Å². The van der Waals surface area contributed by atoms with Crippen molar-refractivity contribution >= 4 is 23.7 Å². The molecular formula is C24H38N2O8. The molecule has 0 saturated carbocycles. The minimum absolute atomic E-state index is 0.266. The Hall–Kier alpha value is -2.85. The third kappa shape index (κ3) is 13.6. The molecule has 0 radical (unpaired) electrons. The van der Waals surface area contributed by atoms with Gasteiger partial charge in [0.25, 0.3) is 0 Å². The van der Waals surface area contributed by atoms with E-state index in [2.05, 4.69) is 24.1 Å². The number of ether oxygens (including phenoxy) is 3. The Balaban J connectivity index is 0.000000852. The van der Waals surface area contributed by atoms with Crippen LogP contribution in [0.15, 0.2) is 24.3 Å². The minimum Gasteiger partial charge on any atom is -0.494 e. The van der Waals surface area contributed by atoms with Crippen molar-refractivity contribution in [3.63, 3.8) is 0 Å². The van der Waals surface area contributed by atoms with Crippen molar-refractivity contribution in [2.24, 2.45) is 0 Å². The van der Waals surface area contributed by atoms with Crippen LogP contribution in [0.3, 0.4) is 0 Å². The predicted molar refractivity (Wildman–Crippen MR) is 127 cm³/mol. The van der Waals surface area contributed by atoms with Crippen LogP contribution in [-0.4, -0.2) is 78.7 Å². The molecule has 192 valence electrons. The van der Waals surface area contributed by atoms with E-state index >= 15 is 0 Å². The number of carboxylic acid groups (broad SMARTS) is 2. The van der Waals surface area contributed by atoms with E-state index in [4.69, 9.17) is 34.0 Å². The lowest BCUT2D eigenvalue weighted by molar-refractivity contribution is -0.159. The average Bonchev–Trinajstić information content (AvgIpc) is 3.30. The molecule has 10 nitrogen and oxygen atoms in total. The standard InChI is InChI=1S/C22H36N2O4.C2H2O4/c1-3-5-8-15-27-20-11-9-10-19(16-20)23-22(25)28-21(18-26-14-4-2)17-24-12-6-7-13-24;3-1(4)2(5)6/h9-11,16,21H,3-8,12-15,17-18H2,1-2H3,(H,23,25);(H,3,4)(H,5,6). The normalized spacial score (nSPS) is 13.9. The maximum absolute atomic E-state index is 12.4. The van der Waals surface area contributed by atoms with Crippen LogP contribution in [0.1, 0.15) is 52.4 Å². The van der Waals surface area contributed by atoms with Gasteiger partial charge in [0, 0.05) is 24.9 Å². The highest BCUT2D eigenvalue weighted by molar-refractivity contribution is 6.27. The molecule has 1 saturated heterocycles. The Morgan fingerprint density at radius 3 is 2.35 bits per heavy atom. The number of anilines is 1. The molecule has 1 aliphatic rings. The van der Waals surface area contributed by atoms with E-state index in [1.165, 1.54) is 12.8 Å². The summed E-state index contributed by atoms with van der Waals surface area (Å²) in [5.74, 6) is -2.89. The molecule has 3 N–H and O–H groups in total. The number of aliphatic carboxylic acids is 2. The Morgan fingerprint density at radius 2 is 1.74 bits per heavy atom. The van der Waals surface area contributed by atoms with Crippen LogP contribution in [0.25, 0.3) is 0 Å². The molecule has 1 aromatic rings. The molecule has 10 heteroatoms. The largest absolute Gasteiger partial charge is 0.494 e. The van der Waals surface area contributed by atoms with Gasteiger partial charge in [-0.3, -0.25) is 10.2 Å². The number of unbranched alkanes of at least 4 members (excludes halogenated alkanes) is 2. The zero-order valence-corrected chi connectivity index (χ0v) is 20.2. The number of rotatable bonds is 13. The molecule has 2 rings (SSSR count). The molecule has 1 amide bonds.